The van der Waals surface area contributed by atoms with Crippen LogP contribution < -0.4 is 16.4 Å². The molecule has 3 rings (SSSR count). The molecule has 0 aromatic carbocycles. The number of amides is 1. The van der Waals surface area contributed by atoms with E-state index in [1.807, 2.05) is 42.5 Å². The lowest BCUT2D eigenvalue weighted by Crippen LogP contribution is -2.57. The average molecular weight is 334 g/mol. The molecule has 0 bridgehead atoms. The number of rotatable bonds is 2. The van der Waals surface area contributed by atoms with E-state index in [-0.39, 0.29) is 5.91 Å². The Morgan fingerprint density at radius 2 is 2.17 bits per heavy atom. The van der Waals surface area contributed by atoms with Gasteiger partial charge in [0.15, 0.2) is 0 Å². The maximum absolute atomic E-state index is 12.4. The van der Waals surface area contributed by atoms with E-state index in [4.69, 9.17) is 5.73 Å². The summed E-state index contributed by atoms with van der Waals surface area (Å²) in [7, 11) is 1.86. The van der Waals surface area contributed by atoms with Crippen molar-refractivity contribution in [3.8, 4) is 0 Å². The Morgan fingerprint density at radius 3 is 2.78 bits per heavy atom. The summed E-state index contributed by atoms with van der Waals surface area (Å²) in [5.41, 5.74) is 5.46. The van der Waals surface area contributed by atoms with Crippen molar-refractivity contribution in [2.45, 2.75) is 12.6 Å². The molecule has 0 spiro atoms. The zero-order valence-electron chi connectivity index (χ0n) is 13.4. The van der Waals surface area contributed by atoms with Crippen molar-refractivity contribution in [1.29, 1.82) is 0 Å². The first-order valence-electron chi connectivity index (χ1n) is 7.62. The highest BCUT2D eigenvalue weighted by Crippen LogP contribution is 2.17. The maximum Gasteiger partial charge on any atom is 0.264 e. The first kappa shape index (κ1) is 15.8. The van der Waals surface area contributed by atoms with Gasteiger partial charge < -0.3 is 20.9 Å². The summed E-state index contributed by atoms with van der Waals surface area (Å²) < 4.78 is 0. The molecule has 0 aliphatic carbocycles. The molecule has 7 nitrogen and oxygen atoms in total. The third-order valence-electron chi connectivity index (χ3n) is 4.14. The van der Waals surface area contributed by atoms with Crippen molar-refractivity contribution in [2.75, 3.05) is 33.2 Å². The minimum Gasteiger partial charge on any atom is -0.385 e. The fourth-order valence-corrected chi connectivity index (χ4v) is 3.39. The van der Waals surface area contributed by atoms with Crippen molar-refractivity contribution in [3.63, 3.8) is 0 Å². The third-order valence-corrected chi connectivity index (χ3v) is 4.99. The number of hydrogen-bond donors (Lipinski definition) is 3. The van der Waals surface area contributed by atoms with Gasteiger partial charge in [-0.05, 0) is 31.5 Å². The van der Waals surface area contributed by atoms with Gasteiger partial charge >= 0.3 is 0 Å². The number of aliphatic imine (C=N–C) groups is 1. The Kier molecular flexibility index (Phi) is 4.27. The number of carbonyl (C=O) groups excluding carboxylic acids is 1. The molecule has 1 fully saturated rings. The first-order chi connectivity index (χ1) is 11.0. The van der Waals surface area contributed by atoms with Gasteiger partial charge in [0.05, 0.1) is 4.88 Å². The molecule has 3 heterocycles. The second-order valence-corrected chi connectivity index (χ2v) is 6.76. The largest absolute Gasteiger partial charge is 0.385 e. The van der Waals surface area contributed by atoms with E-state index < -0.39 is 5.66 Å². The number of likely N-dealkylation sites (N-methyl/N-ethyl adjacent to an activating group) is 1. The Bertz CT molecular complexity index is 632. The second kappa shape index (κ2) is 6.21. The molecule has 8 heteroatoms. The van der Waals surface area contributed by atoms with Crippen molar-refractivity contribution < 1.29 is 4.79 Å². The Balaban J connectivity index is 1.64. The van der Waals surface area contributed by atoms with Crippen LogP contribution in [0.3, 0.4) is 0 Å². The predicted molar refractivity (Wildman–Crippen MR) is 92.1 cm³/mol. The van der Waals surface area contributed by atoms with Crippen LogP contribution in [0.2, 0.25) is 0 Å². The van der Waals surface area contributed by atoms with E-state index in [0.717, 1.165) is 23.9 Å². The first-order valence-corrected chi connectivity index (χ1v) is 8.50. The fraction of sp³-hybridized carbons (Fsp3) is 0.467. The third kappa shape index (κ3) is 3.32. The number of thiophene rings is 1. The lowest BCUT2D eigenvalue weighted by Gasteiger charge is -2.39. The smallest absolute Gasteiger partial charge is 0.264 e. The van der Waals surface area contributed by atoms with E-state index >= 15 is 0 Å². The van der Waals surface area contributed by atoms with Crippen molar-refractivity contribution in [1.82, 2.24) is 20.4 Å². The zero-order valence-corrected chi connectivity index (χ0v) is 14.2. The topological polar surface area (TPSA) is 86.0 Å². The maximum atomic E-state index is 12.4. The van der Waals surface area contributed by atoms with Gasteiger partial charge in [-0.1, -0.05) is 6.07 Å². The minimum absolute atomic E-state index is 0.109. The minimum atomic E-state index is -0.505. The van der Waals surface area contributed by atoms with Crippen LogP contribution in [0.25, 0.3) is 0 Å². The molecular weight excluding hydrogens is 312 g/mol. The average Bonchev–Trinajstić information content (AvgIpc) is 3.08. The molecule has 23 heavy (non-hydrogen) atoms. The number of nitrogens with one attached hydrogen (secondary N) is 2. The number of hydrogen-bond acceptors (Lipinski definition) is 7. The number of nitrogens with zero attached hydrogens (tertiary/aromatic N) is 3. The molecule has 4 N–H and O–H groups in total. The highest BCUT2D eigenvalue weighted by Gasteiger charge is 2.29. The van der Waals surface area contributed by atoms with Gasteiger partial charge in [0.25, 0.3) is 5.91 Å². The number of nitrogens with two attached hydrogens (primary N) is 1. The molecule has 0 saturated carbocycles. The van der Waals surface area contributed by atoms with Crippen molar-refractivity contribution >= 4 is 23.2 Å². The van der Waals surface area contributed by atoms with E-state index in [1.165, 1.54) is 11.3 Å². The number of guanidine groups is 1. The lowest BCUT2D eigenvalue weighted by molar-refractivity contribution is 0.0694. The highest BCUT2D eigenvalue weighted by atomic mass is 32.1. The number of piperazine rings is 1. The predicted octanol–water partition coefficient (Wildman–Crippen LogP) is 0.201. The zero-order chi connectivity index (χ0) is 16.4. The molecule has 0 radical (unpaired) electrons. The summed E-state index contributed by atoms with van der Waals surface area (Å²) in [5, 5.41) is 8.20. The Labute approximate surface area is 139 Å². The van der Waals surface area contributed by atoms with E-state index in [2.05, 4.69) is 20.5 Å². The van der Waals surface area contributed by atoms with E-state index in [1.54, 1.807) is 0 Å². The van der Waals surface area contributed by atoms with Gasteiger partial charge in [0, 0.05) is 26.2 Å². The van der Waals surface area contributed by atoms with Crippen LogP contribution in [0.15, 0.2) is 34.4 Å². The normalized spacial score (nSPS) is 24.8. The Morgan fingerprint density at radius 1 is 1.43 bits per heavy atom. The molecule has 1 amide bonds. The molecule has 1 atom stereocenters. The SMILES string of the molecule is CNC1(C)C=C(N)NC(N2CCN(C(=O)c3cccs3)CC2)=N1. The summed E-state index contributed by atoms with van der Waals surface area (Å²) in [4.78, 5) is 21.9. The summed E-state index contributed by atoms with van der Waals surface area (Å²) in [6.07, 6.45) is 1.85. The van der Waals surface area contributed by atoms with Gasteiger partial charge in [-0.3, -0.25) is 10.1 Å². The van der Waals surface area contributed by atoms with E-state index in [9.17, 15) is 4.79 Å². The summed E-state index contributed by atoms with van der Waals surface area (Å²) >= 11 is 1.48. The standard InChI is InChI=1S/C15H22N6OS/c1-15(17-2)10-12(16)18-14(19-15)21-7-5-20(6-8-21)13(22)11-4-3-9-23-11/h3-4,9-10,17H,5-8,16H2,1-2H3,(H,18,19). The van der Waals surface area contributed by atoms with Crippen LogP contribution in [-0.2, 0) is 0 Å². The van der Waals surface area contributed by atoms with Crippen LogP contribution in [0.1, 0.15) is 16.6 Å². The van der Waals surface area contributed by atoms with Gasteiger partial charge in [0.2, 0.25) is 5.96 Å². The number of carbonyl (C=O) groups is 1. The van der Waals surface area contributed by atoms with Crippen LogP contribution >= 0.6 is 11.3 Å². The van der Waals surface area contributed by atoms with Crippen LogP contribution in [0.4, 0.5) is 0 Å². The molecular formula is C15H22N6OS. The molecule has 1 saturated heterocycles. The lowest BCUT2D eigenvalue weighted by atomic mass is 10.2. The van der Waals surface area contributed by atoms with Gasteiger partial charge in [-0.15, -0.1) is 11.3 Å². The Hall–Kier alpha value is -2.06. The van der Waals surface area contributed by atoms with Crippen LogP contribution in [0, 0.1) is 0 Å². The molecule has 124 valence electrons. The van der Waals surface area contributed by atoms with Crippen molar-refractivity contribution in [3.05, 3.63) is 34.3 Å². The summed E-state index contributed by atoms with van der Waals surface area (Å²) in [6.45, 7) is 4.79. The molecule has 1 aromatic heterocycles. The van der Waals surface area contributed by atoms with Gasteiger partial charge in [-0.25, -0.2) is 4.99 Å². The molecule has 2 aliphatic heterocycles. The summed E-state index contributed by atoms with van der Waals surface area (Å²) in [5.74, 6) is 1.45. The fourth-order valence-electron chi connectivity index (χ4n) is 2.70. The quantitative estimate of drug-likeness (QED) is 0.719. The van der Waals surface area contributed by atoms with Crippen molar-refractivity contribution in [2.24, 2.45) is 10.7 Å². The van der Waals surface area contributed by atoms with Gasteiger partial charge in [-0.2, -0.15) is 0 Å². The molecule has 1 unspecified atom stereocenters. The monoisotopic (exact) mass is 334 g/mol. The van der Waals surface area contributed by atoms with Gasteiger partial charge in [0.1, 0.15) is 11.5 Å². The molecule has 2 aliphatic rings. The highest BCUT2D eigenvalue weighted by molar-refractivity contribution is 7.12. The second-order valence-electron chi connectivity index (χ2n) is 5.81. The van der Waals surface area contributed by atoms with E-state index in [0.29, 0.717) is 18.9 Å². The van der Waals surface area contributed by atoms with Crippen LogP contribution in [0.5, 0.6) is 0 Å². The van der Waals surface area contributed by atoms with Crippen LogP contribution in [-0.4, -0.2) is 60.6 Å². The summed E-state index contributed by atoms with van der Waals surface area (Å²) in [6, 6.07) is 3.78. The molecule has 1 aromatic rings.